The van der Waals surface area contributed by atoms with Gasteiger partial charge in [-0.2, -0.15) is 5.26 Å². The van der Waals surface area contributed by atoms with E-state index in [9.17, 15) is 10.1 Å². The molecule has 0 spiro atoms. The van der Waals surface area contributed by atoms with Gasteiger partial charge in [0.05, 0.1) is 28.2 Å². The molecule has 8 heteroatoms. The van der Waals surface area contributed by atoms with Crippen LogP contribution in [0.25, 0.3) is 27.9 Å². The van der Waals surface area contributed by atoms with Gasteiger partial charge < -0.3 is 14.3 Å². The fraction of sp³-hybridized carbons (Fsp3) is 0.250. The van der Waals surface area contributed by atoms with Crippen molar-refractivity contribution >= 4 is 16.6 Å². The number of rotatable bonds is 2. The van der Waals surface area contributed by atoms with Gasteiger partial charge in [0.25, 0.3) is 5.56 Å². The summed E-state index contributed by atoms with van der Waals surface area (Å²) >= 11 is 0. The molecule has 0 saturated carbocycles. The number of aromatic nitrogens is 5. The summed E-state index contributed by atoms with van der Waals surface area (Å²) < 4.78 is 3.57. The van der Waals surface area contributed by atoms with Gasteiger partial charge in [-0.1, -0.05) is 0 Å². The first-order valence-electron chi connectivity index (χ1n) is 9.12. The van der Waals surface area contributed by atoms with Crippen molar-refractivity contribution in [1.29, 1.82) is 5.26 Å². The molecule has 1 N–H and O–H groups in total. The summed E-state index contributed by atoms with van der Waals surface area (Å²) in [6, 6.07) is 5.93. The number of pyridine rings is 2. The predicted molar refractivity (Wildman–Crippen MR) is 104 cm³/mol. The Kier molecular flexibility index (Phi) is 3.70. The molecule has 8 nitrogen and oxygen atoms in total. The second-order valence-electron chi connectivity index (χ2n) is 7.03. The first kappa shape index (κ1) is 16.6. The van der Waals surface area contributed by atoms with E-state index < -0.39 is 0 Å². The van der Waals surface area contributed by atoms with Crippen LogP contribution in [0.1, 0.15) is 23.7 Å². The van der Waals surface area contributed by atoms with Crippen molar-refractivity contribution in [2.24, 2.45) is 0 Å². The van der Waals surface area contributed by atoms with Gasteiger partial charge in [-0.05, 0) is 32.0 Å². The van der Waals surface area contributed by atoms with E-state index in [2.05, 4.69) is 26.3 Å². The highest BCUT2D eigenvalue weighted by Gasteiger charge is 2.19. The third-order valence-electron chi connectivity index (χ3n) is 5.15. The summed E-state index contributed by atoms with van der Waals surface area (Å²) in [7, 11) is 0. The van der Waals surface area contributed by atoms with Gasteiger partial charge in [0.1, 0.15) is 6.07 Å². The number of hydrogen-bond acceptors (Lipinski definition) is 6. The number of nitriles is 1. The minimum absolute atomic E-state index is 0.0730. The summed E-state index contributed by atoms with van der Waals surface area (Å²) in [5.74, 6) is 0.469. The largest absolute Gasteiger partial charge is 0.315 e. The van der Waals surface area contributed by atoms with Crippen LogP contribution in [-0.4, -0.2) is 37.0 Å². The second kappa shape index (κ2) is 6.25. The van der Waals surface area contributed by atoms with E-state index in [1.807, 2.05) is 36.0 Å². The van der Waals surface area contributed by atoms with Gasteiger partial charge in [0, 0.05) is 36.9 Å². The third kappa shape index (κ3) is 2.56. The third-order valence-corrected chi connectivity index (χ3v) is 5.15. The zero-order valence-electron chi connectivity index (χ0n) is 15.3. The van der Waals surface area contributed by atoms with Gasteiger partial charge in [0.15, 0.2) is 11.5 Å². The molecule has 1 unspecified atom stereocenters. The molecular weight excluding hydrogens is 354 g/mol. The fourth-order valence-corrected chi connectivity index (χ4v) is 3.77. The van der Waals surface area contributed by atoms with Crippen molar-refractivity contribution < 1.29 is 0 Å². The summed E-state index contributed by atoms with van der Waals surface area (Å²) in [4.78, 5) is 26.2. The number of imidazole rings is 1. The number of nitrogens with one attached hydrogen (secondary N) is 1. The molecule has 1 aliphatic rings. The van der Waals surface area contributed by atoms with E-state index in [-0.39, 0.29) is 11.6 Å². The van der Waals surface area contributed by atoms with E-state index in [4.69, 9.17) is 0 Å². The maximum atomic E-state index is 12.8. The topological polar surface area (TPSA) is 101 Å². The van der Waals surface area contributed by atoms with Crippen molar-refractivity contribution in [1.82, 2.24) is 29.2 Å². The van der Waals surface area contributed by atoms with Crippen LogP contribution in [-0.2, 0) is 0 Å². The van der Waals surface area contributed by atoms with Gasteiger partial charge in [0.2, 0.25) is 0 Å². The molecule has 0 aromatic carbocycles. The molecule has 0 aliphatic carbocycles. The molecule has 0 radical (unpaired) electrons. The van der Waals surface area contributed by atoms with Crippen molar-refractivity contribution in [3.05, 3.63) is 58.5 Å². The summed E-state index contributed by atoms with van der Waals surface area (Å²) in [5, 5.41) is 13.2. The lowest BCUT2D eigenvalue weighted by atomic mass is 10.2. The lowest BCUT2D eigenvalue weighted by Gasteiger charge is -2.13. The van der Waals surface area contributed by atoms with E-state index >= 15 is 0 Å². The van der Waals surface area contributed by atoms with Crippen molar-refractivity contribution in [3.8, 4) is 17.5 Å². The van der Waals surface area contributed by atoms with Crippen LogP contribution in [0.2, 0.25) is 0 Å². The summed E-state index contributed by atoms with van der Waals surface area (Å²) in [6.07, 6.45) is 8.03. The van der Waals surface area contributed by atoms with Crippen molar-refractivity contribution in [2.45, 2.75) is 19.4 Å². The highest BCUT2D eigenvalue weighted by molar-refractivity contribution is 5.79. The molecule has 0 amide bonds. The molecule has 1 saturated heterocycles. The second-order valence-corrected chi connectivity index (χ2v) is 7.03. The fourth-order valence-electron chi connectivity index (χ4n) is 3.77. The van der Waals surface area contributed by atoms with Crippen LogP contribution in [0.5, 0.6) is 0 Å². The molecule has 5 heterocycles. The monoisotopic (exact) mass is 371 g/mol. The predicted octanol–water partition coefficient (Wildman–Crippen LogP) is 1.82. The number of hydrogen-bond donors (Lipinski definition) is 1. The first-order chi connectivity index (χ1) is 13.6. The minimum atomic E-state index is -0.0730. The smallest absolute Gasteiger partial charge is 0.261 e. The van der Waals surface area contributed by atoms with Crippen LogP contribution in [0.15, 0.2) is 41.7 Å². The lowest BCUT2D eigenvalue weighted by Crippen LogP contribution is -2.26. The van der Waals surface area contributed by atoms with E-state index in [1.54, 1.807) is 16.8 Å². The number of nitrogens with zero attached hydrogens (tertiary/aromatic N) is 6. The number of aryl methyl sites for hydroxylation is 1. The van der Waals surface area contributed by atoms with Crippen LogP contribution in [0.4, 0.5) is 0 Å². The van der Waals surface area contributed by atoms with Gasteiger partial charge in [-0.15, -0.1) is 0 Å². The molecule has 1 fully saturated rings. The van der Waals surface area contributed by atoms with Gasteiger partial charge in [-0.25, -0.2) is 15.0 Å². The van der Waals surface area contributed by atoms with Gasteiger partial charge in [-0.3, -0.25) is 4.79 Å². The van der Waals surface area contributed by atoms with Crippen LogP contribution in [0.3, 0.4) is 0 Å². The zero-order chi connectivity index (χ0) is 19.3. The maximum absolute atomic E-state index is 12.8. The molecule has 138 valence electrons. The average molecular weight is 371 g/mol. The lowest BCUT2D eigenvalue weighted by molar-refractivity contribution is 0.532. The van der Waals surface area contributed by atoms with Crippen LogP contribution < -0.4 is 10.9 Å². The van der Waals surface area contributed by atoms with E-state index in [1.165, 1.54) is 0 Å². The molecule has 4 aromatic heterocycles. The SMILES string of the molecule is Cc1cn2cc(-c3ncc4c(=O)n(C5CCNC5)ccc4n3)cc(C#N)c2n1. The molecule has 1 aliphatic heterocycles. The number of fused-ring (bicyclic) bond motifs is 2. The maximum Gasteiger partial charge on any atom is 0.261 e. The van der Waals surface area contributed by atoms with Crippen LogP contribution in [0, 0.1) is 18.3 Å². The Morgan fingerprint density at radius 2 is 2.21 bits per heavy atom. The summed E-state index contributed by atoms with van der Waals surface area (Å²) in [6.45, 7) is 3.60. The van der Waals surface area contributed by atoms with Crippen molar-refractivity contribution in [3.63, 3.8) is 0 Å². The standard InChI is InChI=1S/C20H17N7O/c1-12-10-26-11-14(6-13(7-21)19(26)24-12)18-23-9-16-17(25-18)3-5-27(20(16)28)15-2-4-22-8-15/h3,5-6,9-11,15,22H,2,4,8H2,1H3. The molecule has 4 aromatic rings. The first-order valence-corrected chi connectivity index (χ1v) is 9.12. The Morgan fingerprint density at radius 1 is 1.32 bits per heavy atom. The Balaban J connectivity index is 1.64. The van der Waals surface area contributed by atoms with Crippen LogP contribution >= 0.6 is 0 Å². The Hall–Kier alpha value is -3.57. The van der Waals surface area contributed by atoms with E-state index in [0.29, 0.717) is 33.5 Å². The summed E-state index contributed by atoms with van der Waals surface area (Å²) in [5.41, 5.74) is 3.12. The van der Waals surface area contributed by atoms with E-state index in [0.717, 1.165) is 25.2 Å². The molecule has 0 bridgehead atoms. The quantitative estimate of drug-likeness (QED) is 0.577. The highest BCUT2D eigenvalue weighted by Crippen LogP contribution is 2.22. The van der Waals surface area contributed by atoms with Crippen molar-refractivity contribution in [2.75, 3.05) is 13.1 Å². The molecule has 5 rings (SSSR count). The average Bonchev–Trinajstić information content (AvgIpc) is 3.36. The Labute approximate surface area is 160 Å². The minimum Gasteiger partial charge on any atom is -0.315 e. The Morgan fingerprint density at radius 3 is 3.00 bits per heavy atom. The molecule has 1 atom stereocenters. The normalized spacial score (nSPS) is 16.6. The molecule has 28 heavy (non-hydrogen) atoms. The van der Waals surface area contributed by atoms with Gasteiger partial charge >= 0.3 is 0 Å². The molecular formula is C20H17N7O. The Bertz CT molecular complexity index is 1320. The zero-order valence-corrected chi connectivity index (χ0v) is 15.3. The highest BCUT2D eigenvalue weighted by atomic mass is 16.1.